The maximum atomic E-state index is 11.1. The number of aliphatic carboxylic acids is 1. The normalized spacial score (nSPS) is 24.2. The second kappa shape index (κ2) is 5.51. The predicted molar refractivity (Wildman–Crippen MR) is 55.5 cm³/mol. The lowest BCUT2D eigenvalue weighted by Gasteiger charge is -2.35. The number of piperidine rings is 1. The molecular formula is C10H15NO6. The zero-order valence-corrected chi connectivity index (χ0v) is 9.46. The van der Waals surface area contributed by atoms with E-state index in [-0.39, 0.29) is 25.3 Å². The summed E-state index contributed by atoms with van der Waals surface area (Å²) in [5.74, 6) is -1.73. The molecule has 1 saturated heterocycles. The summed E-state index contributed by atoms with van der Waals surface area (Å²) in [6.07, 6.45) is -0.418. The molecule has 1 fully saturated rings. The van der Waals surface area contributed by atoms with Crippen LogP contribution in [0.1, 0.15) is 19.3 Å². The van der Waals surface area contributed by atoms with Crippen molar-refractivity contribution in [2.24, 2.45) is 5.92 Å². The molecule has 17 heavy (non-hydrogen) atoms. The van der Waals surface area contributed by atoms with Crippen LogP contribution in [0.25, 0.3) is 0 Å². The third-order valence-corrected chi connectivity index (χ3v) is 2.89. The first-order chi connectivity index (χ1) is 7.95. The monoisotopic (exact) mass is 245 g/mol. The number of hydrogen-bond acceptors (Lipinski definition) is 4. The van der Waals surface area contributed by atoms with Crippen LogP contribution in [0.5, 0.6) is 0 Å². The van der Waals surface area contributed by atoms with Gasteiger partial charge in [-0.1, -0.05) is 0 Å². The van der Waals surface area contributed by atoms with Crippen molar-refractivity contribution in [3.8, 4) is 0 Å². The molecule has 0 spiro atoms. The first-order valence-corrected chi connectivity index (χ1v) is 5.25. The van der Waals surface area contributed by atoms with Crippen molar-refractivity contribution in [2.75, 3.05) is 13.7 Å². The standard InChI is InChI=1S/C10H15NO6/c1-17-8(12)4-6-2-3-7(9(13)14)11(5-6)10(15)16/h6-7H,2-5H2,1H3,(H,13,14)(H,15,16)/t6?,7-/m0/s1. The summed E-state index contributed by atoms with van der Waals surface area (Å²) < 4.78 is 4.50. The summed E-state index contributed by atoms with van der Waals surface area (Å²) in [5, 5.41) is 17.8. The molecule has 0 radical (unpaired) electrons. The van der Waals surface area contributed by atoms with E-state index in [0.717, 1.165) is 4.90 Å². The summed E-state index contributed by atoms with van der Waals surface area (Å²) in [7, 11) is 1.26. The number of hydrogen-bond donors (Lipinski definition) is 2. The van der Waals surface area contributed by atoms with Gasteiger partial charge in [0, 0.05) is 6.54 Å². The van der Waals surface area contributed by atoms with Gasteiger partial charge in [0.15, 0.2) is 0 Å². The molecule has 0 aliphatic carbocycles. The minimum Gasteiger partial charge on any atom is -0.480 e. The Balaban J connectivity index is 2.65. The van der Waals surface area contributed by atoms with Gasteiger partial charge in [0.05, 0.1) is 13.5 Å². The van der Waals surface area contributed by atoms with Crippen LogP contribution in [0.3, 0.4) is 0 Å². The van der Waals surface area contributed by atoms with Gasteiger partial charge < -0.3 is 14.9 Å². The zero-order valence-electron chi connectivity index (χ0n) is 9.46. The molecule has 0 bridgehead atoms. The Kier molecular flexibility index (Phi) is 4.30. The number of nitrogens with zero attached hydrogens (tertiary/aromatic N) is 1. The molecule has 0 aromatic carbocycles. The minimum atomic E-state index is -1.27. The molecule has 1 unspecified atom stereocenters. The van der Waals surface area contributed by atoms with Crippen molar-refractivity contribution in [2.45, 2.75) is 25.3 Å². The number of methoxy groups -OCH3 is 1. The summed E-state index contributed by atoms with van der Waals surface area (Å²) in [4.78, 5) is 33.7. The number of carbonyl (C=O) groups is 3. The molecule has 1 rings (SSSR count). The SMILES string of the molecule is COC(=O)CC1CC[C@@H](C(=O)O)N(C(=O)O)C1. The van der Waals surface area contributed by atoms with Crippen molar-refractivity contribution in [3.63, 3.8) is 0 Å². The Morgan fingerprint density at radius 3 is 2.41 bits per heavy atom. The number of amides is 1. The van der Waals surface area contributed by atoms with Gasteiger partial charge in [0.2, 0.25) is 0 Å². The van der Waals surface area contributed by atoms with E-state index in [1.165, 1.54) is 7.11 Å². The highest BCUT2D eigenvalue weighted by molar-refractivity contribution is 5.79. The van der Waals surface area contributed by atoms with Gasteiger partial charge in [0.1, 0.15) is 6.04 Å². The Hall–Kier alpha value is -1.79. The summed E-state index contributed by atoms with van der Waals surface area (Å²) in [5.41, 5.74) is 0. The van der Waals surface area contributed by atoms with Gasteiger partial charge in [0.25, 0.3) is 0 Å². The second-order valence-corrected chi connectivity index (χ2v) is 4.01. The molecule has 96 valence electrons. The van der Waals surface area contributed by atoms with Crippen LogP contribution < -0.4 is 0 Å². The average molecular weight is 245 g/mol. The van der Waals surface area contributed by atoms with Crippen molar-refractivity contribution >= 4 is 18.0 Å². The number of ether oxygens (including phenoxy) is 1. The van der Waals surface area contributed by atoms with E-state index in [4.69, 9.17) is 10.2 Å². The van der Waals surface area contributed by atoms with E-state index in [9.17, 15) is 14.4 Å². The molecule has 7 heteroatoms. The molecule has 0 aromatic heterocycles. The molecular weight excluding hydrogens is 230 g/mol. The Labute approximate surface area is 98.0 Å². The van der Waals surface area contributed by atoms with Crippen molar-refractivity contribution in [1.82, 2.24) is 4.90 Å². The van der Waals surface area contributed by atoms with Gasteiger partial charge in [-0.3, -0.25) is 9.69 Å². The van der Waals surface area contributed by atoms with Crippen LogP contribution in [0.2, 0.25) is 0 Å². The fraction of sp³-hybridized carbons (Fsp3) is 0.700. The largest absolute Gasteiger partial charge is 0.480 e. The smallest absolute Gasteiger partial charge is 0.408 e. The Morgan fingerprint density at radius 2 is 1.94 bits per heavy atom. The topological polar surface area (TPSA) is 104 Å². The van der Waals surface area contributed by atoms with Crippen LogP contribution in [0.15, 0.2) is 0 Å². The van der Waals surface area contributed by atoms with E-state index in [1.807, 2.05) is 0 Å². The molecule has 1 aliphatic heterocycles. The fourth-order valence-corrected chi connectivity index (χ4v) is 2.00. The summed E-state index contributed by atoms with van der Waals surface area (Å²) >= 11 is 0. The first-order valence-electron chi connectivity index (χ1n) is 5.25. The number of rotatable bonds is 3. The highest BCUT2D eigenvalue weighted by Gasteiger charge is 2.36. The van der Waals surface area contributed by atoms with Crippen LogP contribution in [0.4, 0.5) is 4.79 Å². The predicted octanol–water partition coefficient (Wildman–Crippen LogP) is 0.393. The molecule has 7 nitrogen and oxygen atoms in total. The minimum absolute atomic E-state index is 0.0569. The molecule has 1 aliphatic rings. The van der Waals surface area contributed by atoms with Gasteiger partial charge in [-0.05, 0) is 18.8 Å². The highest BCUT2D eigenvalue weighted by atomic mass is 16.5. The lowest BCUT2D eigenvalue weighted by atomic mass is 9.90. The molecule has 0 aromatic rings. The van der Waals surface area contributed by atoms with E-state index >= 15 is 0 Å². The fourth-order valence-electron chi connectivity index (χ4n) is 2.00. The van der Waals surface area contributed by atoms with Crippen molar-refractivity contribution < 1.29 is 29.3 Å². The average Bonchev–Trinajstić information content (AvgIpc) is 2.28. The number of carboxylic acid groups (broad SMARTS) is 2. The van der Waals surface area contributed by atoms with E-state index in [1.54, 1.807) is 0 Å². The Bertz CT molecular complexity index is 329. The van der Waals surface area contributed by atoms with Crippen molar-refractivity contribution in [1.29, 1.82) is 0 Å². The maximum absolute atomic E-state index is 11.1. The van der Waals surface area contributed by atoms with E-state index in [0.29, 0.717) is 6.42 Å². The summed E-state index contributed by atoms with van der Waals surface area (Å²) in [6.45, 7) is 0.0569. The molecule has 0 saturated carbocycles. The molecule has 1 heterocycles. The van der Waals surface area contributed by atoms with Gasteiger partial charge in [-0.2, -0.15) is 0 Å². The van der Waals surface area contributed by atoms with Gasteiger partial charge in [-0.15, -0.1) is 0 Å². The third kappa shape index (κ3) is 3.33. The van der Waals surface area contributed by atoms with Gasteiger partial charge >= 0.3 is 18.0 Å². The third-order valence-electron chi connectivity index (χ3n) is 2.89. The lowest BCUT2D eigenvalue weighted by molar-refractivity contribution is -0.145. The first kappa shape index (κ1) is 13.3. The zero-order chi connectivity index (χ0) is 13.0. The highest BCUT2D eigenvalue weighted by Crippen LogP contribution is 2.25. The molecule has 1 amide bonds. The lowest BCUT2D eigenvalue weighted by Crippen LogP contribution is -2.50. The van der Waals surface area contributed by atoms with E-state index in [2.05, 4.69) is 4.74 Å². The van der Waals surface area contributed by atoms with Crippen LogP contribution in [-0.4, -0.2) is 52.8 Å². The summed E-state index contributed by atoms with van der Waals surface area (Å²) in [6, 6.07) is -1.01. The maximum Gasteiger partial charge on any atom is 0.408 e. The number of esters is 1. The second-order valence-electron chi connectivity index (χ2n) is 4.01. The van der Waals surface area contributed by atoms with Crippen LogP contribution >= 0.6 is 0 Å². The van der Waals surface area contributed by atoms with Crippen molar-refractivity contribution in [3.05, 3.63) is 0 Å². The quantitative estimate of drug-likeness (QED) is 0.697. The number of likely N-dealkylation sites (tertiary alicyclic amines) is 1. The Morgan fingerprint density at radius 1 is 1.29 bits per heavy atom. The van der Waals surface area contributed by atoms with Gasteiger partial charge in [-0.25, -0.2) is 9.59 Å². The van der Waals surface area contributed by atoms with Crippen LogP contribution in [-0.2, 0) is 14.3 Å². The van der Waals surface area contributed by atoms with E-state index < -0.39 is 24.1 Å². The number of carbonyl (C=O) groups excluding carboxylic acids is 1. The number of carboxylic acids is 1. The van der Waals surface area contributed by atoms with Crippen LogP contribution in [0, 0.1) is 5.92 Å². The molecule has 2 N–H and O–H groups in total. The molecule has 2 atom stereocenters.